The van der Waals surface area contributed by atoms with E-state index in [0.717, 1.165) is 12.8 Å². The van der Waals surface area contributed by atoms with Gasteiger partial charge >= 0.3 is 0 Å². The molecule has 1 rings (SSSR count). The first-order valence-corrected chi connectivity index (χ1v) is 4.98. The fraction of sp³-hybridized carbons (Fsp3) is 0.900. The van der Waals surface area contributed by atoms with Crippen LogP contribution >= 0.6 is 0 Å². The summed E-state index contributed by atoms with van der Waals surface area (Å²) in [6.07, 6.45) is 5.87. The zero-order valence-corrected chi connectivity index (χ0v) is 8.56. The van der Waals surface area contributed by atoms with Crippen molar-refractivity contribution in [1.82, 2.24) is 5.32 Å². The molecular formula is C10H19NO2. The lowest BCUT2D eigenvalue weighted by Crippen LogP contribution is -2.45. The summed E-state index contributed by atoms with van der Waals surface area (Å²) in [6.45, 7) is 2.21. The highest BCUT2D eigenvalue weighted by atomic mass is 16.5. The second-order valence-electron chi connectivity index (χ2n) is 3.86. The van der Waals surface area contributed by atoms with E-state index in [1.54, 1.807) is 14.0 Å². The summed E-state index contributed by atoms with van der Waals surface area (Å²) in [7, 11) is 1.74. The van der Waals surface area contributed by atoms with Crippen LogP contribution in [0.2, 0.25) is 0 Å². The van der Waals surface area contributed by atoms with Gasteiger partial charge in [0.05, 0.1) is 5.60 Å². The molecule has 0 atom stereocenters. The van der Waals surface area contributed by atoms with E-state index in [-0.39, 0.29) is 11.5 Å². The van der Waals surface area contributed by atoms with Crippen LogP contribution in [0.15, 0.2) is 0 Å². The SMILES string of the molecule is COC1(CNC(C)=O)CCCCC1. The van der Waals surface area contributed by atoms with Gasteiger partial charge in [-0.15, -0.1) is 0 Å². The molecule has 0 saturated heterocycles. The molecule has 13 heavy (non-hydrogen) atoms. The Kier molecular flexibility index (Phi) is 3.72. The Balaban J connectivity index is 2.42. The summed E-state index contributed by atoms with van der Waals surface area (Å²) in [5, 5.41) is 2.84. The summed E-state index contributed by atoms with van der Waals surface area (Å²) in [4.78, 5) is 10.8. The third kappa shape index (κ3) is 2.99. The van der Waals surface area contributed by atoms with Gasteiger partial charge in [-0.1, -0.05) is 19.3 Å². The first-order chi connectivity index (χ1) is 6.18. The second-order valence-corrected chi connectivity index (χ2v) is 3.86. The van der Waals surface area contributed by atoms with E-state index >= 15 is 0 Å². The molecule has 76 valence electrons. The Hall–Kier alpha value is -0.570. The lowest BCUT2D eigenvalue weighted by atomic mass is 9.84. The fourth-order valence-electron chi connectivity index (χ4n) is 1.93. The van der Waals surface area contributed by atoms with E-state index < -0.39 is 0 Å². The van der Waals surface area contributed by atoms with Gasteiger partial charge in [-0.3, -0.25) is 4.79 Å². The van der Waals surface area contributed by atoms with Crippen molar-refractivity contribution in [3.05, 3.63) is 0 Å². The van der Waals surface area contributed by atoms with Gasteiger partial charge in [0.1, 0.15) is 0 Å². The van der Waals surface area contributed by atoms with Crippen LogP contribution in [0.5, 0.6) is 0 Å². The molecule has 1 N–H and O–H groups in total. The maximum absolute atomic E-state index is 10.8. The number of ether oxygens (including phenoxy) is 1. The van der Waals surface area contributed by atoms with E-state index in [2.05, 4.69) is 5.32 Å². The summed E-state index contributed by atoms with van der Waals surface area (Å²) in [5.74, 6) is 0.0296. The lowest BCUT2D eigenvalue weighted by molar-refractivity contribution is -0.121. The maximum Gasteiger partial charge on any atom is 0.216 e. The van der Waals surface area contributed by atoms with Crippen LogP contribution in [0, 0.1) is 0 Å². The predicted molar refractivity (Wildman–Crippen MR) is 51.5 cm³/mol. The van der Waals surface area contributed by atoms with Crippen LogP contribution in [0.1, 0.15) is 39.0 Å². The van der Waals surface area contributed by atoms with Crippen molar-refractivity contribution >= 4 is 5.91 Å². The van der Waals surface area contributed by atoms with E-state index in [4.69, 9.17) is 4.74 Å². The average Bonchev–Trinajstić information content (AvgIpc) is 2.16. The average molecular weight is 185 g/mol. The molecule has 1 aliphatic carbocycles. The standard InChI is InChI=1S/C10H19NO2/c1-9(12)11-8-10(13-2)6-4-3-5-7-10/h3-8H2,1-2H3,(H,11,12). The number of hydrogen-bond donors (Lipinski definition) is 1. The van der Waals surface area contributed by atoms with E-state index in [1.165, 1.54) is 19.3 Å². The molecule has 1 aliphatic rings. The first kappa shape index (κ1) is 10.5. The Labute approximate surface area is 79.8 Å². The molecule has 0 spiro atoms. The van der Waals surface area contributed by atoms with Gasteiger partial charge < -0.3 is 10.1 Å². The minimum absolute atomic E-state index is 0.0296. The monoisotopic (exact) mass is 185 g/mol. The molecule has 0 aromatic carbocycles. The van der Waals surface area contributed by atoms with Crippen molar-refractivity contribution < 1.29 is 9.53 Å². The van der Waals surface area contributed by atoms with E-state index in [0.29, 0.717) is 6.54 Å². The van der Waals surface area contributed by atoms with Crippen LogP contribution in [0.4, 0.5) is 0 Å². The molecular weight excluding hydrogens is 166 g/mol. The molecule has 1 saturated carbocycles. The number of rotatable bonds is 3. The summed E-state index contributed by atoms with van der Waals surface area (Å²) < 4.78 is 5.51. The lowest BCUT2D eigenvalue weighted by Gasteiger charge is -2.35. The van der Waals surface area contributed by atoms with Crippen molar-refractivity contribution in [3.63, 3.8) is 0 Å². The molecule has 0 radical (unpaired) electrons. The topological polar surface area (TPSA) is 38.3 Å². The van der Waals surface area contributed by atoms with Gasteiger partial charge in [0.15, 0.2) is 0 Å². The fourth-order valence-corrected chi connectivity index (χ4v) is 1.93. The van der Waals surface area contributed by atoms with Crippen LogP contribution in [0.3, 0.4) is 0 Å². The third-order valence-corrected chi connectivity index (χ3v) is 2.86. The zero-order valence-electron chi connectivity index (χ0n) is 8.56. The molecule has 0 aromatic heterocycles. The van der Waals surface area contributed by atoms with Crippen LogP contribution in [0.25, 0.3) is 0 Å². The first-order valence-electron chi connectivity index (χ1n) is 4.98. The number of amides is 1. The summed E-state index contributed by atoms with van der Waals surface area (Å²) >= 11 is 0. The highest BCUT2D eigenvalue weighted by Crippen LogP contribution is 2.30. The van der Waals surface area contributed by atoms with Crippen molar-refractivity contribution in [2.45, 2.75) is 44.6 Å². The number of carbonyl (C=O) groups excluding carboxylic acids is 1. The number of carbonyl (C=O) groups is 1. The van der Waals surface area contributed by atoms with E-state index in [1.807, 2.05) is 0 Å². The van der Waals surface area contributed by atoms with Gasteiger partial charge in [-0.05, 0) is 12.8 Å². The van der Waals surface area contributed by atoms with Crippen molar-refractivity contribution in [1.29, 1.82) is 0 Å². The molecule has 0 aromatic rings. The van der Waals surface area contributed by atoms with Gasteiger partial charge in [-0.2, -0.15) is 0 Å². The van der Waals surface area contributed by atoms with Crippen molar-refractivity contribution in [2.75, 3.05) is 13.7 Å². The van der Waals surface area contributed by atoms with Gasteiger partial charge in [0.2, 0.25) is 5.91 Å². The molecule has 3 heteroatoms. The largest absolute Gasteiger partial charge is 0.376 e. The molecule has 0 aliphatic heterocycles. The number of nitrogens with one attached hydrogen (secondary N) is 1. The number of hydrogen-bond acceptors (Lipinski definition) is 2. The van der Waals surface area contributed by atoms with E-state index in [9.17, 15) is 4.79 Å². The maximum atomic E-state index is 10.8. The van der Waals surface area contributed by atoms with Gasteiger partial charge in [0.25, 0.3) is 0 Å². The summed E-state index contributed by atoms with van der Waals surface area (Å²) in [5.41, 5.74) is -0.0794. The minimum Gasteiger partial charge on any atom is -0.376 e. The third-order valence-electron chi connectivity index (χ3n) is 2.86. The Morgan fingerprint density at radius 2 is 2.00 bits per heavy atom. The van der Waals surface area contributed by atoms with Crippen LogP contribution < -0.4 is 5.32 Å². The molecule has 1 fully saturated rings. The molecule has 0 heterocycles. The second kappa shape index (κ2) is 4.61. The molecule has 0 bridgehead atoms. The molecule has 0 unspecified atom stereocenters. The quantitative estimate of drug-likeness (QED) is 0.723. The smallest absolute Gasteiger partial charge is 0.216 e. The predicted octanol–water partition coefficient (Wildman–Crippen LogP) is 1.47. The Morgan fingerprint density at radius 1 is 1.38 bits per heavy atom. The summed E-state index contributed by atoms with van der Waals surface area (Å²) in [6, 6.07) is 0. The zero-order chi connectivity index (χ0) is 9.73. The molecule has 1 amide bonds. The normalized spacial score (nSPS) is 21.1. The van der Waals surface area contributed by atoms with Crippen molar-refractivity contribution in [3.8, 4) is 0 Å². The Morgan fingerprint density at radius 3 is 2.46 bits per heavy atom. The van der Waals surface area contributed by atoms with Gasteiger partial charge in [-0.25, -0.2) is 0 Å². The highest BCUT2D eigenvalue weighted by molar-refractivity contribution is 5.72. The minimum atomic E-state index is -0.0794. The Bertz CT molecular complexity index is 174. The van der Waals surface area contributed by atoms with Crippen LogP contribution in [-0.4, -0.2) is 25.2 Å². The van der Waals surface area contributed by atoms with Crippen molar-refractivity contribution in [2.24, 2.45) is 0 Å². The molecule has 3 nitrogen and oxygen atoms in total. The highest BCUT2D eigenvalue weighted by Gasteiger charge is 2.31. The van der Waals surface area contributed by atoms with Crippen LogP contribution in [-0.2, 0) is 9.53 Å². The van der Waals surface area contributed by atoms with Gasteiger partial charge in [0, 0.05) is 20.6 Å². The number of methoxy groups -OCH3 is 1.